The largest absolute Gasteiger partial charge is 0.459 e. The van der Waals surface area contributed by atoms with E-state index in [1.807, 2.05) is 35.2 Å². The third-order valence-corrected chi connectivity index (χ3v) is 6.83. The van der Waals surface area contributed by atoms with E-state index in [4.69, 9.17) is 9.15 Å². The van der Waals surface area contributed by atoms with Crippen LogP contribution in [0.2, 0.25) is 0 Å². The first-order valence-electron chi connectivity index (χ1n) is 11.6. The van der Waals surface area contributed by atoms with Gasteiger partial charge in [-0.2, -0.15) is 0 Å². The van der Waals surface area contributed by atoms with E-state index in [9.17, 15) is 9.59 Å². The van der Waals surface area contributed by atoms with Crippen molar-refractivity contribution in [2.45, 2.75) is 20.0 Å². The smallest absolute Gasteiger partial charge is 0.290 e. The fourth-order valence-electron chi connectivity index (χ4n) is 3.95. The van der Waals surface area contributed by atoms with Gasteiger partial charge in [0.1, 0.15) is 6.54 Å². The molecule has 0 saturated carbocycles. The number of benzene rings is 1. The van der Waals surface area contributed by atoms with Crippen molar-refractivity contribution in [3.05, 3.63) is 81.9 Å². The van der Waals surface area contributed by atoms with Crippen LogP contribution in [-0.4, -0.2) is 72.5 Å². The molecule has 180 valence electrons. The monoisotopic (exact) mass is 481 g/mol. The third-order valence-electron chi connectivity index (χ3n) is 5.85. The first kappa shape index (κ1) is 24.2. The van der Waals surface area contributed by atoms with Crippen LogP contribution < -0.4 is 0 Å². The minimum atomic E-state index is -0.266. The van der Waals surface area contributed by atoms with Crippen LogP contribution in [0.3, 0.4) is 0 Å². The maximum absolute atomic E-state index is 13.6. The molecule has 0 atom stereocenters. The number of furan rings is 1. The van der Waals surface area contributed by atoms with Crippen molar-refractivity contribution < 1.29 is 18.7 Å². The molecule has 1 aliphatic rings. The van der Waals surface area contributed by atoms with Gasteiger partial charge in [0.15, 0.2) is 5.76 Å². The van der Waals surface area contributed by atoms with Crippen molar-refractivity contribution >= 4 is 23.2 Å². The van der Waals surface area contributed by atoms with Gasteiger partial charge < -0.3 is 19.0 Å². The Kier molecular flexibility index (Phi) is 8.51. The molecule has 2 aromatic heterocycles. The highest BCUT2D eigenvalue weighted by Crippen LogP contribution is 2.19. The molecule has 34 heavy (non-hydrogen) atoms. The van der Waals surface area contributed by atoms with Gasteiger partial charge in [0, 0.05) is 42.5 Å². The average Bonchev–Trinajstić information content (AvgIpc) is 3.54. The second kappa shape index (κ2) is 12.0. The van der Waals surface area contributed by atoms with E-state index in [0.29, 0.717) is 39.4 Å². The van der Waals surface area contributed by atoms with Gasteiger partial charge in [-0.3, -0.25) is 14.5 Å². The van der Waals surface area contributed by atoms with Crippen LogP contribution in [0.5, 0.6) is 0 Å². The molecular formula is C26H31N3O4S. The second-order valence-corrected chi connectivity index (χ2v) is 9.78. The molecule has 0 N–H and O–H groups in total. The van der Waals surface area contributed by atoms with Gasteiger partial charge in [-0.05, 0) is 36.8 Å². The lowest BCUT2D eigenvalue weighted by molar-refractivity contribution is -0.133. The molecule has 0 bridgehead atoms. The van der Waals surface area contributed by atoms with Crippen molar-refractivity contribution in [2.24, 2.45) is 0 Å². The summed E-state index contributed by atoms with van der Waals surface area (Å²) in [5.74, 6) is -0.103. The number of ether oxygens (including phenoxy) is 1. The zero-order chi connectivity index (χ0) is 23.8. The van der Waals surface area contributed by atoms with E-state index in [-0.39, 0.29) is 24.1 Å². The molecule has 1 aliphatic heterocycles. The molecule has 0 radical (unpaired) electrons. The minimum absolute atomic E-state index is 0.00106. The van der Waals surface area contributed by atoms with Gasteiger partial charge in [-0.15, -0.1) is 11.3 Å². The highest BCUT2D eigenvalue weighted by atomic mass is 32.1. The van der Waals surface area contributed by atoms with E-state index in [1.54, 1.807) is 28.4 Å². The molecule has 3 heterocycles. The zero-order valence-electron chi connectivity index (χ0n) is 19.5. The molecule has 8 heteroatoms. The number of hydrogen-bond acceptors (Lipinski definition) is 6. The molecule has 3 aromatic rings. The maximum Gasteiger partial charge on any atom is 0.290 e. The Labute approximate surface area is 204 Å². The van der Waals surface area contributed by atoms with E-state index in [1.165, 1.54) is 11.1 Å². The normalized spacial score (nSPS) is 14.1. The molecule has 0 unspecified atom stereocenters. The summed E-state index contributed by atoms with van der Waals surface area (Å²) in [6.07, 6.45) is 1.48. The molecular weight excluding hydrogens is 450 g/mol. The Morgan fingerprint density at radius 1 is 0.971 bits per heavy atom. The summed E-state index contributed by atoms with van der Waals surface area (Å²) in [7, 11) is 0. The topological polar surface area (TPSA) is 66.2 Å². The Bertz CT molecular complexity index is 1050. The maximum atomic E-state index is 13.6. The van der Waals surface area contributed by atoms with Crippen LogP contribution in [0.15, 0.2) is 65.3 Å². The third kappa shape index (κ3) is 6.79. The Morgan fingerprint density at radius 2 is 1.76 bits per heavy atom. The number of aryl methyl sites for hydroxylation is 1. The molecule has 0 spiro atoms. The van der Waals surface area contributed by atoms with Crippen molar-refractivity contribution in [3.63, 3.8) is 0 Å². The number of nitrogens with zero attached hydrogens (tertiary/aromatic N) is 3. The number of hydrogen-bond donors (Lipinski definition) is 0. The van der Waals surface area contributed by atoms with Gasteiger partial charge in [0.05, 0.1) is 26.0 Å². The first-order chi connectivity index (χ1) is 16.6. The number of thiophene rings is 1. The van der Waals surface area contributed by atoms with Crippen LogP contribution in [-0.2, 0) is 22.6 Å². The standard InChI is InChI=1S/C26H31N3O4S/c1-21-9-10-23(34-21)19-29(18-22-6-3-2-4-7-22)25(30)20-28(26(31)24-8-5-15-33-24)12-11-27-13-16-32-17-14-27/h2-10,15H,11-14,16-20H2,1H3. The van der Waals surface area contributed by atoms with Crippen LogP contribution >= 0.6 is 11.3 Å². The van der Waals surface area contributed by atoms with E-state index in [2.05, 4.69) is 24.0 Å². The number of morpholine rings is 1. The van der Waals surface area contributed by atoms with E-state index < -0.39 is 0 Å². The Hall–Kier alpha value is -2.94. The molecule has 0 aliphatic carbocycles. The van der Waals surface area contributed by atoms with Crippen molar-refractivity contribution in [3.8, 4) is 0 Å². The lowest BCUT2D eigenvalue weighted by Gasteiger charge is -2.31. The number of amides is 2. The van der Waals surface area contributed by atoms with E-state index >= 15 is 0 Å². The van der Waals surface area contributed by atoms with Crippen LogP contribution in [0, 0.1) is 6.92 Å². The van der Waals surface area contributed by atoms with Crippen molar-refractivity contribution in [1.82, 2.24) is 14.7 Å². The summed E-state index contributed by atoms with van der Waals surface area (Å²) < 4.78 is 10.8. The van der Waals surface area contributed by atoms with E-state index in [0.717, 1.165) is 23.5 Å². The van der Waals surface area contributed by atoms with Crippen LogP contribution in [0.4, 0.5) is 0 Å². The summed E-state index contributed by atoms with van der Waals surface area (Å²) in [5, 5.41) is 0. The Morgan fingerprint density at radius 3 is 2.44 bits per heavy atom. The predicted molar refractivity (Wildman–Crippen MR) is 132 cm³/mol. The lowest BCUT2D eigenvalue weighted by Crippen LogP contribution is -2.47. The minimum Gasteiger partial charge on any atom is -0.459 e. The fourth-order valence-corrected chi connectivity index (χ4v) is 4.86. The highest BCUT2D eigenvalue weighted by molar-refractivity contribution is 7.11. The molecule has 7 nitrogen and oxygen atoms in total. The Balaban J connectivity index is 1.49. The average molecular weight is 482 g/mol. The summed E-state index contributed by atoms with van der Waals surface area (Å²) in [6.45, 7) is 7.24. The van der Waals surface area contributed by atoms with Crippen LogP contribution in [0.1, 0.15) is 25.9 Å². The van der Waals surface area contributed by atoms with Gasteiger partial charge in [-0.25, -0.2) is 0 Å². The zero-order valence-corrected chi connectivity index (χ0v) is 20.3. The quantitative estimate of drug-likeness (QED) is 0.442. The summed E-state index contributed by atoms with van der Waals surface area (Å²) in [6, 6.07) is 17.4. The number of rotatable bonds is 10. The molecule has 1 saturated heterocycles. The molecule has 1 fully saturated rings. The highest BCUT2D eigenvalue weighted by Gasteiger charge is 2.25. The first-order valence-corrected chi connectivity index (χ1v) is 12.4. The lowest BCUT2D eigenvalue weighted by atomic mass is 10.2. The van der Waals surface area contributed by atoms with Gasteiger partial charge in [0.2, 0.25) is 5.91 Å². The second-order valence-electron chi connectivity index (χ2n) is 8.41. The predicted octanol–water partition coefficient (Wildman–Crippen LogP) is 3.65. The molecule has 2 amide bonds. The van der Waals surface area contributed by atoms with Gasteiger partial charge in [0.25, 0.3) is 5.91 Å². The molecule has 1 aromatic carbocycles. The number of carbonyl (C=O) groups is 2. The summed E-state index contributed by atoms with van der Waals surface area (Å²) in [5.41, 5.74) is 1.06. The summed E-state index contributed by atoms with van der Waals surface area (Å²) in [4.78, 5) is 34.8. The number of carbonyl (C=O) groups excluding carboxylic acids is 2. The van der Waals surface area contributed by atoms with Gasteiger partial charge in [-0.1, -0.05) is 30.3 Å². The van der Waals surface area contributed by atoms with Crippen molar-refractivity contribution in [1.29, 1.82) is 0 Å². The van der Waals surface area contributed by atoms with Gasteiger partial charge >= 0.3 is 0 Å². The fraction of sp³-hybridized carbons (Fsp3) is 0.385. The van der Waals surface area contributed by atoms with Crippen molar-refractivity contribution in [2.75, 3.05) is 45.9 Å². The summed E-state index contributed by atoms with van der Waals surface area (Å²) >= 11 is 1.69. The SMILES string of the molecule is Cc1ccc(CN(Cc2ccccc2)C(=O)CN(CCN2CCOCC2)C(=O)c2ccco2)s1. The molecule has 4 rings (SSSR count). The van der Waals surface area contributed by atoms with Crippen LogP contribution in [0.25, 0.3) is 0 Å².